The van der Waals surface area contributed by atoms with Crippen molar-refractivity contribution in [1.29, 1.82) is 0 Å². The van der Waals surface area contributed by atoms with Crippen LogP contribution in [0.15, 0.2) is 64.1 Å². The monoisotopic (exact) mass is 253 g/mol. The summed E-state index contributed by atoms with van der Waals surface area (Å²) in [6.07, 6.45) is 1.78. The van der Waals surface area contributed by atoms with Gasteiger partial charge in [-0.3, -0.25) is 9.78 Å². The summed E-state index contributed by atoms with van der Waals surface area (Å²) in [6.45, 7) is 0. The Bertz CT molecular complexity index is 765. The number of benzene rings is 1. The van der Waals surface area contributed by atoms with E-state index in [1.807, 2.05) is 0 Å². The van der Waals surface area contributed by atoms with Gasteiger partial charge in [-0.1, -0.05) is 18.2 Å². The van der Waals surface area contributed by atoms with Crippen molar-refractivity contribution in [2.75, 3.05) is 0 Å². The summed E-state index contributed by atoms with van der Waals surface area (Å²) in [4.78, 5) is 16.3. The van der Waals surface area contributed by atoms with E-state index in [4.69, 9.17) is 4.42 Å². The van der Waals surface area contributed by atoms with Gasteiger partial charge in [0.05, 0.1) is 16.6 Å². The van der Waals surface area contributed by atoms with Gasteiger partial charge >= 0.3 is 0 Å². The zero-order chi connectivity index (χ0) is 13.2. The lowest BCUT2D eigenvalue weighted by atomic mass is 10.1. The van der Waals surface area contributed by atoms with Crippen LogP contribution in [0.2, 0.25) is 0 Å². The van der Waals surface area contributed by atoms with E-state index in [9.17, 15) is 9.90 Å². The SMILES string of the molecule is O=c1c(C(O)c2ccccn2)coc2ccccc12. The van der Waals surface area contributed by atoms with Gasteiger partial charge in [-0.25, -0.2) is 0 Å². The molecule has 0 amide bonds. The first kappa shape index (κ1) is 11.6. The van der Waals surface area contributed by atoms with Crippen molar-refractivity contribution in [3.8, 4) is 0 Å². The minimum Gasteiger partial charge on any atom is -0.464 e. The molecule has 0 aliphatic heterocycles. The average Bonchev–Trinajstić information content (AvgIpc) is 2.48. The Morgan fingerprint density at radius 3 is 2.68 bits per heavy atom. The van der Waals surface area contributed by atoms with Crippen molar-refractivity contribution in [1.82, 2.24) is 4.98 Å². The highest BCUT2D eigenvalue weighted by molar-refractivity contribution is 5.76. The van der Waals surface area contributed by atoms with Crippen LogP contribution in [0.3, 0.4) is 0 Å². The number of rotatable bonds is 2. The molecule has 0 aliphatic rings. The van der Waals surface area contributed by atoms with Crippen LogP contribution in [0.25, 0.3) is 11.0 Å². The number of aromatic nitrogens is 1. The number of hydrogen-bond donors (Lipinski definition) is 1. The lowest BCUT2D eigenvalue weighted by Crippen LogP contribution is -2.14. The van der Waals surface area contributed by atoms with E-state index in [0.717, 1.165) is 0 Å². The third kappa shape index (κ3) is 2.02. The lowest BCUT2D eigenvalue weighted by molar-refractivity contribution is 0.211. The average molecular weight is 253 g/mol. The van der Waals surface area contributed by atoms with Crippen LogP contribution in [-0.2, 0) is 0 Å². The fourth-order valence-corrected chi connectivity index (χ4v) is 1.98. The second-order valence-electron chi connectivity index (χ2n) is 4.17. The van der Waals surface area contributed by atoms with Gasteiger partial charge < -0.3 is 9.52 Å². The van der Waals surface area contributed by atoms with E-state index in [-0.39, 0.29) is 11.0 Å². The highest BCUT2D eigenvalue weighted by atomic mass is 16.3. The molecule has 1 unspecified atom stereocenters. The molecule has 3 aromatic rings. The Labute approximate surface area is 109 Å². The molecule has 0 radical (unpaired) electrons. The van der Waals surface area contributed by atoms with Crippen LogP contribution in [0.1, 0.15) is 17.4 Å². The number of para-hydroxylation sites is 1. The van der Waals surface area contributed by atoms with Gasteiger partial charge in [0, 0.05) is 6.20 Å². The molecule has 0 fully saturated rings. The standard InChI is InChI=1S/C15H11NO3/c17-14-10-5-1-2-7-13(10)19-9-11(14)15(18)12-6-3-4-8-16-12/h1-9,15,18H. The van der Waals surface area contributed by atoms with Gasteiger partial charge in [-0.2, -0.15) is 0 Å². The zero-order valence-corrected chi connectivity index (χ0v) is 9.98. The summed E-state index contributed by atoms with van der Waals surface area (Å²) in [7, 11) is 0. The van der Waals surface area contributed by atoms with Crippen LogP contribution in [0, 0.1) is 0 Å². The van der Waals surface area contributed by atoms with Gasteiger partial charge in [-0.15, -0.1) is 0 Å². The van der Waals surface area contributed by atoms with Crippen molar-refractivity contribution in [3.63, 3.8) is 0 Å². The third-order valence-corrected chi connectivity index (χ3v) is 2.97. The number of fused-ring (bicyclic) bond motifs is 1. The zero-order valence-electron chi connectivity index (χ0n) is 9.98. The van der Waals surface area contributed by atoms with E-state index < -0.39 is 6.10 Å². The number of nitrogens with zero attached hydrogens (tertiary/aromatic N) is 1. The third-order valence-electron chi connectivity index (χ3n) is 2.97. The van der Waals surface area contributed by atoms with Crippen molar-refractivity contribution >= 4 is 11.0 Å². The quantitative estimate of drug-likeness (QED) is 0.761. The van der Waals surface area contributed by atoms with Crippen LogP contribution >= 0.6 is 0 Å². The van der Waals surface area contributed by atoms with Crippen molar-refractivity contribution < 1.29 is 9.52 Å². The summed E-state index contributed by atoms with van der Waals surface area (Å²) < 4.78 is 5.38. The molecular formula is C15H11NO3. The molecule has 94 valence electrons. The summed E-state index contributed by atoms with van der Waals surface area (Å²) >= 11 is 0. The molecule has 3 rings (SSSR count). The number of hydrogen-bond acceptors (Lipinski definition) is 4. The topological polar surface area (TPSA) is 63.3 Å². The predicted molar refractivity (Wildman–Crippen MR) is 70.8 cm³/mol. The molecule has 1 N–H and O–H groups in total. The molecule has 2 heterocycles. The van der Waals surface area contributed by atoms with Crippen molar-refractivity contribution in [2.45, 2.75) is 6.10 Å². The smallest absolute Gasteiger partial charge is 0.198 e. The fraction of sp³-hybridized carbons (Fsp3) is 0.0667. The molecule has 0 aliphatic carbocycles. The van der Waals surface area contributed by atoms with Crippen molar-refractivity contribution in [2.24, 2.45) is 0 Å². The molecule has 4 heteroatoms. The molecular weight excluding hydrogens is 242 g/mol. The number of aliphatic hydroxyl groups excluding tert-OH is 1. The van der Waals surface area contributed by atoms with Crippen LogP contribution in [-0.4, -0.2) is 10.1 Å². The second kappa shape index (κ2) is 4.66. The maximum atomic E-state index is 12.3. The van der Waals surface area contributed by atoms with E-state index >= 15 is 0 Å². The molecule has 1 aromatic carbocycles. The van der Waals surface area contributed by atoms with Gasteiger partial charge in [0.25, 0.3) is 0 Å². The number of aliphatic hydroxyl groups is 1. The normalized spacial score (nSPS) is 12.5. The molecule has 0 bridgehead atoms. The Morgan fingerprint density at radius 1 is 1.11 bits per heavy atom. The highest BCUT2D eigenvalue weighted by Gasteiger charge is 2.17. The molecule has 0 spiro atoms. The second-order valence-corrected chi connectivity index (χ2v) is 4.17. The Kier molecular flexibility index (Phi) is 2.85. The highest BCUT2D eigenvalue weighted by Crippen LogP contribution is 2.19. The van der Waals surface area contributed by atoms with Crippen LogP contribution in [0.4, 0.5) is 0 Å². The predicted octanol–water partition coefficient (Wildman–Crippen LogP) is 2.27. The van der Waals surface area contributed by atoms with E-state index in [1.54, 1.807) is 48.7 Å². The van der Waals surface area contributed by atoms with Gasteiger partial charge in [0.1, 0.15) is 18.0 Å². The Balaban J connectivity index is 2.16. The fourth-order valence-electron chi connectivity index (χ4n) is 1.98. The number of pyridine rings is 1. The van der Waals surface area contributed by atoms with E-state index in [2.05, 4.69) is 4.98 Å². The summed E-state index contributed by atoms with van der Waals surface area (Å²) in [6, 6.07) is 12.1. The van der Waals surface area contributed by atoms with Gasteiger partial charge in [-0.05, 0) is 24.3 Å². The van der Waals surface area contributed by atoms with E-state index in [0.29, 0.717) is 16.7 Å². The molecule has 19 heavy (non-hydrogen) atoms. The first-order chi connectivity index (χ1) is 9.27. The Hall–Kier alpha value is -2.46. The first-order valence-corrected chi connectivity index (χ1v) is 5.87. The van der Waals surface area contributed by atoms with Crippen LogP contribution in [0.5, 0.6) is 0 Å². The summed E-state index contributed by atoms with van der Waals surface area (Å²) in [5, 5.41) is 10.7. The molecule has 4 nitrogen and oxygen atoms in total. The molecule has 1 atom stereocenters. The molecule has 0 saturated heterocycles. The maximum absolute atomic E-state index is 12.3. The molecule has 2 aromatic heterocycles. The molecule has 0 saturated carbocycles. The van der Waals surface area contributed by atoms with Gasteiger partial charge in [0.2, 0.25) is 0 Å². The largest absolute Gasteiger partial charge is 0.464 e. The van der Waals surface area contributed by atoms with E-state index in [1.165, 1.54) is 6.26 Å². The van der Waals surface area contributed by atoms with Crippen LogP contribution < -0.4 is 5.43 Å². The minimum atomic E-state index is -1.08. The van der Waals surface area contributed by atoms with Crippen molar-refractivity contribution in [3.05, 3.63) is 76.4 Å². The summed E-state index contributed by atoms with van der Waals surface area (Å²) in [5.74, 6) is 0. The Morgan fingerprint density at radius 2 is 1.89 bits per heavy atom. The maximum Gasteiger partial charge on any atom is 0.198 e. The lowest BCUT2D eigenvalue weighted by Gasteiger charge is -2.09. The minimum absolute atomic E-state index is 0.192. The summed E-state index contributed by atoms with van der Waals surface area (Å²) in [5.41, 5.74) is 0.881. The first-order valence-electron chi connectivity index (χ1n) is 5.87. The van der Waals surface area contributed by atoms with Gasteiger partial charge in [0.15, 0.2) is 5.43 Å².